The highest BCUT2D eigenvalue weighted by atomic mass is 16.3. The van der Waals surface area contributed by atoms with Crippen LogP contribution in [0.15, 0.2) is 28.7 Å². The van der Waals surface area contributed by atoms with Crippen LogP contribution >= 0.6 is 0 Å². The highest BCUT2D eigenvalue weighted by Gasteiger charge is 2.36. The average molecular weight is 369 g/mol. The summed E-state index contributed by atoms with van der Waals surface area (Å²) in [4.78, 5) is 28.6. The van der Waals surface area contributed by atoms with Crippen LogP contribution in [0.25, 0.3) is 11.0 Å². The molecule has 1 saturated carbocycles. The highest BCUT2D eigenvalue weighted by Crippen LogP contribution is 2.30. The van der Waals surface area contributed by atoms with Crippen LogP contribution < -0.4 is 5.32 Å². The van der Waals surface area contributed by atoms with Gasteiger partial charge < -0.3 is 19.5 Å². The Labute approximate surface area is 159 Å². The number of nitrogens with zero attached hydrogens (tertiary/aromatic N) is 2. The Morgan fingerprint density at radius 3 is 2.85 bits per heavy atom. The van der Waals surface area contributed by atoms with Gasteiger partial charge in [0.15, 0.2) is 0 Å². The molecule has 1 N–H and O–H groups in total. The molecule has 1 saturated heterocycles. The van der Waals surface area contributed by atoms with E-state index in [1.807, 2.05) is 31.2 Å². The lowest BCUT2D eigenvalue weighted by Gasteiger charge is -2.25. The first-order valence-corrected chi connectivity index (χ1v) is 9.81. The van der Waals surface area contributed by atoms with Crippen molar-refractivity contribution in [3.05, 3.63) is 30.0 Å². The van der Waals surface area contributed by atoms with Crippen molar-refractivity contribution in [1.29, 1.82) is 0 Å². The Bertz CT molecular complexity index is 853. The topological polar surface area (TPSA) is 65.8 Å². The van der Waals surface area contributed by atoms with Gasteiger partial charge in [0.1, 0.15) is 11.3 Å². The first-order valence-electron chi connectivity index (χ1n) is 9.81. The maximum absolute atomic E-state index is 12.6. The third-order valence-electron chi connectivity index (χ3n) is 5.77. The average Bonchev–Trinajstić information content (AvgIpc) is 3.33. The molecule has 2 fully saturated rings. The third kappa shape index (κ3) is 3.80. The lowest BCUT2D eigenvalue weighted by Crippen LogP contribution is -2.37. The summed E-state index contributed by atoms with van der Waals surface area (Å²) in [6, 6.07) is 7.85. The predicted molar refractivity (Wildman–Crippen MR) is 105 cm³/mol. The van der Waals surface area contributed by atoms with Crippen molar-refractivity contribution in [3.8, 4) is 0 Å². The van der Waals surface area contributed by atoms with E-state index in [1.165, 1.54) is 12.8 Å². The molecule has 0 spiro atoms. The van der Waals surface area contributed by atoms with Crippen LogP contribution in [0, 0.1) is 12.8 Å². The molecule has 4 rings (SSSR count). The van der Waals surface area contributed by atoms with Gasteiger partial charge >= 0.3 is 6.03 Å². The number of fused-ring (bicyclic) bond motifs is 1. The number of rotatable bonds is 4. The number of nitrogens with one attached hydrogen (secondary N) is 1. The predicted octanol–water partition coefficient (Wildman–Crippen LogP) is 4.00. The van der Waals surface area contributed by atoms with Gasteiger partial charge in [-0.2, -0.15) is 0 Å². The molecule has 1 aliphatic heterocycles. The summed E-state index contributed by atoms with van der Waals surface area (Å²) in [5, 5.41) is 3.92. The zero-order chi connectivity index (χ0) is 19.0. The summed E-state index contributed by atoms with van der Waals surface area (Å²) in [6.07, 6.45) is 5.26. The number of hydrogen-bond donors (Lipinski definition) is 1. The first-order chi connectivity index (χ1) is 13.0. The quantitative estimate of drug-likeness (QED) is 0.886. The second-order valence-electron chi connectivity index (χ2n) is 7.97. The van der Waals surface area contributed by atoms with E-state index in [2.05, 4.69) is 10.2 Å². The number of anilines is 1. The van der Waals surface area contributed by atoms with Crippen molar-refractivity contribution in [2.75, 3.05) is 25.5 Å². The number of benzene rings is 1. The number of aryl methyl sites for hydroxylation is 1. The molecule has 144 valence electrons. The lowest BCUT2D eigenvalue weighted by atomic mass is 10.1. The van der Waals surface area contributed by atoms with E-state index < -0.39 is 0 Å². The first kappa shape index (κ1) is 17.9. The Balaban J connectivity index is 1.34. The van der Waals surface area contributed by atoms with Gasteiger partial charge in [0.05, 0.1) is 0 Å². The monoisotopic (exact) mass is 369 g/mol. The molecule has 27 heavy (non-hydrogen) atoms. The van der Waals surface area contributed by atoms with Gasteiger partial charge in [-0.3, -0.25) is 4.79 Å². The molecule has 1 atom stereocenters. The van der Waals surface area contributed by atoms with Crippen LogP contribution in [0.4, 0.5) is 10.5 Å². The summed E-state index contributed by atoms with van der Waals surface area (Å²) < 4.78 is 5.57. The van der Waals surface area contributed by atoms with Gasteiger partial charge in [-0.1, -0.05) is 12.8 Å². The van der Waals surface area contributed by atoms with Crippen LogP contribution in [0.2, 0.25) is 0 Å². The number of carbonyl (C=O) groups is 2. The van der Waals surface area contributed by atoms with Crippen LogP contribution in [-0.4, -0.2) is 47.9 Å². The standard InChI is InChI=1S/C21H27N3O3/c1-14-9-16-11-17(7-8-19(16)27-14)22-21(26)23(2)12-15-10-20(25)24(13-15)18-5-3-4-6-18/h7-9,11,15,18H,3-6,10,12-13H2,1-2H3,(H,22,26)/t15-/m1/s1. The zero-order valence-corrected chi connectivity index (χ0v) is 16.0. The molecule has 3 amide bonds. The second-order valence-corrected chi connectivity index (χ2v) is 7.97. The summed E-state index contributed by atoms with van der Waals surface area (Å²) in [7, 11) is 1.79. The van der Waals surface area contributed by atoms with Gasteiger partial charge in [-0.15, -0.1) is 0 Å². The van der Waals surface area contributed by atoms with Gasteiger partial charge in [-0.05, 0) is 44.0 Å². The van der Waals surface area contributed by atoms with Gasteiger partial charge in [-0.25, -0.2) is 4.79 Å². The second kappa shape index (κ2) is 7.25. The van der Waals surface area contributed by atoms with E-state index in [9.17, 15) is 9.59 Å². The molecular weight excluding hydrogens is 342 g/mol. The maximum atomic E-state index is 12.6. The largest absolute Gasteiger partial charge is 0.461 e. The Morgan fingerprint density at radius 2 is 2.07 bits per heavy atom. The van der Waals surface area contributed by atoms with Crippen LogP contribution in [0.5, 0.6) is 0 Å². The molecule has 0 bridgehead atoms. The van der Waals surface area contributed by atoms with E-state index in [-0.39, 0.29) is 17.9 Å². The van der Waals surface area contributed by atoms with Crippen molar-refractivity contribution in [3.63, 3.8) is 0 Å². The fourth-order valence-electron chi connectivity index (χ4n) is 4.44. The Morgan fingerprint density at radius 1 is 1.30 bits per heavy atom. The van der Waals surface area contributed by atoms with Crippen molar-refractivity contribution in [1.82, 2.24) is 9.80 Å². The molecule has 6 heteroatoms. The van der Waals surface area contributed by atoms with Gasteiger partial charge in [0, 0.05) is 49.6 Å². The van der Waals surface area contributed by atoms with E-state index in [0.29, 0.717) is 19.0 Å². The minimum Gasteiger partial charge on any atom is -0.461 e. The van der Waals surface area contributed by atoms with Crippen molar-refractivity contribution < 1.29 is 14.0 Å². The van der Waals surface area contributed by atoms with E-state index in [4.69, 9.17) is 4.42 Å². The molecule has 6 nitrogen and oxygen atoms in total. The van der Waals surface area contributed by atoms with Gasteiger partial charge in [0.25, 0.3) is 0 Å². The summed E-state index contributed by atoms with van der Waals surface area (Å²) in [6.45, 7) is 3.28. The number of amides is 3. The maximum Gasteiger partial charge on any atom is 0.321 e. The summed E-state index contributed by atoms with van der Waals surface area (Å²) in [5.41, 5.74) is 1.56. The third-order valence-corrected chi connectivity index (χ3v) is 5.77. The molecule has 1 aromatic carbocycles. The number of urea groups is 1. The highest BCUT2D eigenvalue weighted by molar-refractivity contribution is 5.92. The molecule has 1 aliphatic carbocycles. The normalized spacial score (nSPS) is 20.6. The van der Waals surface area contributed by atoms with Crippen LogP contribution in [-0.2, 0) is 4.79 Å². The van der Waals surface area contributed by atoms with Gasteiger partial charge in [0.2, 0.25) is 5.91 Å². The molecule has 0 unspecified atom stereocenters. The number of furan rings is 1. The Hall–Kier alpha value is -2.50. The Kier molecular flexibility index (Phi) is 4.81. The minimum atomic E-state index is -0.152. The van der Waals surface area contributed by atoms with E-state index in [0.717, 1.165) is 41.8 Å². The van der Waals surface area contributed by atoms with E-state index >= 15 is 0 Å². The van der Waals surface area contributed by atoms with Crippen LogP contribution in [0.3, 0.4) is 0 Å². The molecule has 0 radical (unpaired) electrons. The van der Waals surface area contributed by atoms with Crippen molar-refractivity contribution in [2.45, 2.75) is 45.1 Å². The minimum absolute atomic E-state index is 0.152. The molecule has 2 aliphatic rings. The van der Waals surface area contributed by atoms with Crippen molar-refractivity contribution in [2.24, 2.45) is 5.92 Å². The molecular formula is C21H27N3O3. The number of likely N-dealkylation sites (tertiary alicyclic amines) is 1. The van der Waals surface area contributed by atoms with Crippen LogP contribution in [0.1, 0.15) is 37.9 Å². The molecule has 1 aromatic heterocycles. The summed E-state index contributed by atoms with van der Waals surface area (Å²) >= 11 is 0. The zero-order valence-electron chi connectivity index (χ0n) is 16.0. The summed E-state index contributed by atoms with van der Waals surface area (Å²) in [5.74, 6) is 1.32. The molecule has 2 heterocycles. The SMILES string of the molecule is Cc1cc2cc(NC(=O)N(C)C[C@H]3CC(=O)N(C4CCCC4)C3)ccc2o1. The van der Waals surface area contributed by atoms with Crippen molar-refractivity contribution >= 4 is 28.6 Å². The van der Waals surface area contributed by atoms with E-state index in [1.54, 1.807) is 11.9 Å². The molecule has 2 aromatic rings. The smallest absolute Gasteiger partial charge is 0.321 e. The number of hydrogen-bond acceptors (Lipinski definition) is 3. The fourth-order valence-corrected chi connectivity index (χ4v) is 4.44. The number of carbonyl (C=O) groups excluding carboxylic acids is 2. The fraction of sp³-hybridized carbons (Fsp3) is 0.524. The lowest BCUT2D eigenvalue weighted by molar-refractivity contribution is -0.129.